The van der Waals surface area contributed by atoms with E-state index >= 15 is 0 Å². The number of nitrogens with zero attached hydrogens (tertiary/aromatic N) is 2. The van der Waals surface area contributed by atoms with Crippen LogP contribution in [0.3, 0.4) is 0 Å². The van der Waals surface area contributed by atoms with Gasteiger partial charge in [0.25, 0.3) is 0 Å². The summed E-state index contributed by atoms with van der Waals surface area (Å²) in [6.45, 7) is 8.25. The molecule has 0 aliphatic carbocycles. The van der Waals surface area contributed by atoms with Crippen molar-refractivity contribution in [3.63, 3.8) is 0 Å². The van der Waals surface area contributed by atoms with Gasteiger partial charge in [0.2, 0.25) is 0 Å². The fourth-order valence-electron chi connectivity index (χ4n) is 2.24. The normalized spacial score (nSPS) is 19.1. The number of hydrogen-bond acceptors (Lipinski definition) is 5. The van der Waals surface area contributed by atoms with Crippen LogP contribution in [0.4, 0.5) is 5.69 Å². The first-order valence-corrected chi connectivity index (χ1v) is 8.45. The summed E-state index contributed by atoms with van der Waals surface area (Å²) in [5.74, 6) is 0. The third-order valence-corrected chi connectivity index (χ3v) is 5.15. The van der Waals surface area contributed by atoms with Crippen LogP contribution in [0.25, 0.3) is 0 Å². The molecule has 3 rings (SSSR count). The monoisotopic (exact) mass is 331 g/mol. The predicted octanol–water partition coefficient (Wildman–Crippen LogP) is 2.84. The lowest BCUT2D eigenvalue weighted by Gasteiger charge is -2.32. The quantitative estimate of drug-likeness (QED) is 0.690. The van der Waals surface area contributed by atoms with Crippen molar-refractivity contribution >= 4 is 30.2 Å². The van der Waals surface area contributed by atoms with E-state index in [1.165, 1.54) is 11.9 Å². The smallest absolute Gasteiger partial charge is 0.399 e. The number of aromatic nitrogens is 2. The number of anilines is 1. The molecule has 2 aromatic rings. The van der Waals surface area contributed by atoms with Crippen LogP contribution in [0, 0.1) is 0 Å². The summed E-state index contributed by atoms with van der Waals surface area (Å²) in [6.07, 6.45) is 3.75. The van der Waals surface area contributed by atoms with E-state index in [9.17, 15) is 0 Å². The third kappa shape index (κ3) is 3.41. The molecule has 0 spiro atoms. The van der Waals surface area contributed by atoms with E-state index in [0.717, 1.165) is 16.2 Å². The van der Waals surface area contributed by atoms with Gasteiger partial charge in [0.1, 0.15) is 5.03 Å². The molecule has 0 atom stereocenters. The molecule has 5 nitrogen and oxygen atoms in total. The van der Waals surface area contributed by atoms with Gasteiger partial charge in [-0.3, -0.25) is 0 Å². The van der Waals surface area contributed by atoms with Gasteiger partial charge in [0, 0.05) is 30.9 Å². The highest BCUT2D eigenvalue weighted by atomic mass is 32.2. The van der Waals surface area contributed by atoms with E-state index in [0.29, 0.717) is 0 Å². The Balaban J connectivity index is 1.64. The predicted molar refractivity (Wildman–Crippen MR) is 94.8 cm³/mol. The molecule has 1 fully saturated rings. The number of aryl methyl sites for hydroxylation is 1. The van der Waals surface area contributed by atoms with Gasteiger partial charge in [-0.1, -0.05) is 12.1 Å². The molecule has 1 saturated heterocycles. The van der Waals surface area contributed by atoms with Crippen LogP contribution < -0.4 is 10.2 Å². The molecule has 1 N–H and O–H groups in total. The molecule has 0 bridgehead atoms. The Kier molecular flexibility index (Phi) is 4.20. The third-order valence-electron chi connectivity index (χ3n) is 4.39. The molecule has 0 radical (unpaired) electrons. The summed E-state index contributed by atoms with van der Waals surface area (Å²) in [6, 6.07) is 8.11. The summed E-state index contributed by atoms with van der Waals surface area (Å²) < 4.78 is 17.3. The minimum atomic E-state index is -0.322. The Morgan fingerprint density at radius 2 is 1.70 bits per heavy atom. The maximum absolute atomic E-state index is 6.06. The lowest BCUT2D eigenvalue weighted by atomic mass is 9.79. The molecule has 2 heterocycles. The van der Waals surface area contributed by atoms with Crippen molar-refractivity contribution in [2.75, 3.05) is 4.72 Å². The van der Waals surface area contributed by atoms with Crippen LogP contribution >= 0.6 is 11.9 Å². The average Bonchev–Trinajstić information content (AvgIpc) is 2.98. The van der Waals surface area contributed by atoms with Crippen molar-refractivity contribution in [2.24, 2.45) is 7.05 Å². The van der Waals surface area contributed by atoms with Gasteiger partial charge in [-0.2, -0.15) is 0 Å². The first-order valence-electron chi connectivity index (χ1n) is 7.63. The highest BCUT2D eigenvalue weighted by Crippen LogP contribution is 2.36. The molecule has 0 unspecified atom stereocenters. The van der Waals surface area contributed by atoms with Crippen LogP contribution in [0.2, 0.25) is 0 Å². The molecule has 1 aliphatic rings. The van der Waals surface area contributed by atoms with E-state index in [-0.39, 0.29) is 18.3 Å². The van der Waals surface area contributed by atoms with Crippen molar-refractivity contribution < 1.29 is 9.31 Å². The molecule has 0 saturated carbocycles. The van der Waals surface area contributed by atoms with Crippen molar-refractivity contribution in [3.05, 3.63) is 36.8 Å². The van der Waals surface area contributed by atoms with Crippen molar-refractivity contribution in [1.82, 2.24) is 9.55 Å². The van der Waals surface area contributed by atoms with Gasteiger partial charge in [-0.15, -0.1) is 0 Å². The van der Waals surface area contributed by atoms with Gasteiger partial charge in [0.15, 0.2) is 0 Å². The van der Waals surface area contributed by atoms with Crippen LogP contribution in [-0.2, 0) is 16.4 Å². The maximum Gasteiger partial charge on any atom is 0.494 e. The van der Waals surface area contributed by atoms with E-state index in [2.05, 4.69) is 37.4 Å². The second kappa shape index (κ2) is 5.89. The topological polar surface area (TPSA) is 48.3 Å². The Bertz CT molecular complexity index is 669. The summed E-state index contributed by atoms with van der Waals surface area (Å²) in [4.78, 5) is 4.27. The average molecular weight is 331 g/mol. The largest absolute Gasteiger partial charge is 0.494 e. The minimum absolute atomic E-state index is 0.316. The second-order valence-electron chi connectivity index (χ2n) is 6.79. The SMILES string of the molecule is Cn1cnc(SNc2ccc(B3OC(C)(C)C(C)(C)O3)cc2)c1. The van der Waals surface area contributed by atoms with Crippen LogP contribution in [-0.4, -0.2) is 27.9 Å². The van der Waals surface area contributed by atoms with Gasteiger partial charge in [0.05, 0.1) is 17.5 Å². The number of nitrogens with one attached hydrogen (secondary N) is 1. The summed E-state index contributed by atoms with van der Waals surface area (Å²) >= 11 is 1.49. The molecular weight excluding hydrogens is 309 g/mol. The van der Waals surface area contributed by atoms with Crippen LogP contribution in [0.15, 0.2) is 41.8 Å². The molecule has 1 aromatic heterocycles. The van der Waals surface area contributed by atoms with Gasteiger partial charge in [-0.25, -0.2) is 4.98 Å². The standard InChI is InChI=1S/C16H22BN3O2S/c1-15(2)16(3,4)22-17(21-15)12-6-8-13(9-7-12)19-23-14-10-20(5)11-18-14/h6-11,19H,1-5H3. The summed E-state index contributed by atoms with van der Waals surface area (Å²) in [7, 11) is 1.63. The van der Waals surface area contributed by atoms with Gasteiger partial charge >= 0.3 is 7.12 Å². The second-order valence-corrected chi connectivity index (χ2v) is 7.62. The van der Waals surface area contributed by atoms with E-state index in [4.69, 9.17) is 9.31 Å². The van der Waals surface area contributed by atoms with E-state index in [1.807, 2.05) is 42.1 Å². The number of benzene rings is 1. The Labute approximate surface area is 142 Å². The van der Waals surface area contributed by atoms with Crippen LogP contribution in [0.5, 0.6) is 0 Å². The molecule has 1 aliphatic heterocycles. The highest BCUT2D eigenvalue weighted by Gasteiger charge is 2.51. The number of hydrogen-bond donors (Lipinski definition) is 1. The minimum Gasteiger partial charge on any atom is -0.399 e. The highest BCUT2D eigenvalue weighted by molar-refractivity contribution is 8.00. The number of imidazole rings is 1. The van der Waals surface area contributed by atoms with Gasteiger partial charge < -0.3 is 18.6 Å². The molecule has 122 valence electrons. The molecule has 23 heavy (non-hydrogen) atoms. The fourth-order valence-corrected chi connectivity index (χ4v) is 2.92. The Morgan fingerprint density at radius 3 is 2.22 bits per heavy atom. The molecule has 1 aromatic carbocycles. The zero-order valence-corrected chi connectivity index (χ0v) is 15.0. The fraction of sp³-hybridized carbons (Fsp3) is 0.438. The van der Waals surface area contributed by atoms with Gasteiger partial charge in [-0.05, 0) is 45.3 Å². The van der Waals surface area contributed by atoms with Crippen molar-refractivity contribution in [2.45, 2.75) is 43.9 Å². The Hall–Kier alpha value is -1.44. The zero-order valence-electron chi connectivity index (χ0n) is 14.2. The Morgan fingerprint density at radius 1 is 1.09 bits per heavy atom. The zero-order chi connectivity index (χ0) is 16.7. The molecule has 7 heteroatoms. The van der Waals surface area contributed by atoms with Crippen LogP contribution in [0.1, 0.15) is 27.7 Å². The van der Waals surface area contributed by atoms with Crippen molar-refractivity contribution in [1.29, 1.82) is 0 Å². The molecule has 0 amide bonds. The first kappa shape index (κ1) is 16.4. The van der Waals surface area contributed by atoms with E-state index in [1.54, 1.807) is 6.33 Å². The lowest BCUT2D eigenvalue weighted by molar-refractivity contribution is 0.00578. The lowest BCUT2D eigenvalue weighted by Crippen LogP contribution is -2.41. The van der Waals surface area contributed by atoms with Crippen molar-refractivity contribution in [3.8, 4) is 0 Å². The maximum atomic E-state index is 6.06. The number of rotatable bonds is 4. The summed E-state index contributed by atoms with van der Waals surface area (Å²) in [5.41, 5.74) is 1.41. The summed E-state index contributed by atoms with van der Waals surface area (Å²) in [5, 5.41) is 0.933. The molecular formula is C16H22BN3O2S. The first-order chi connectivity index (χ1) is 10.8. The van der Waals surface area contributed by atoms with E-state index < -0.39 is 0 Å².